The number of carbonyl (C=O) groups excluding carboxylic acids is 1. The van der Waals surface area contributed by atoms with Gasteiger partial charge in [0.2, 0.25) is 0 Å². The number of hydrogen-bond donors (Lipinski definition) is 1. The number of aromatic amines is 1. The van der Waals surface area contributed by atoms with E-state index in [-0.39, 0.29) is 11.7 Å². The Bertz CT molecular complexity index is 256. The molecule has 1 heterocycles. The minimum absolute atomic E-state index is 0.107. The Morgan fingerprint density at radius 2 is 2.46 bits per heavy atom. The normalized spacial score (nSPS) is 12.8. The molecule has 72 valence electrons. The molecule has 0 aliphatic rings. The van der Waals surface area contributed by atoms with Crippen LogP contribution in [0.25, 0.3) is 0 Å². The highest BCUT2D eigenvalue weighted by Crippen LogP contribution is 2.12. The average molecular weight is 181 g/mol. The van der Waals surface area contributed by atoms with E-state index in [2.05, 4.69) is 22.3 Å². The first kappa shape index (κ1) is 9.89. The van der Waals surface area contributed by atoms with Gasteiger partial charge in [-0.05, 0) is 13.3 Å². The number of hydrogen-bond acceptors (Lipinski definition) is 3. The van der Waals surface area contributed by atoms with Crippen LogP contribution in [-0.4, -0.2) is 21.2 Å². The van der Waals surface area contributed by atoms with E-state index in [0.29, 0.717) is 6.42 Å². The van der Waals surface area contributed by atoms with Gasteiger partial charge in [-0.1, -0.05) is 13.3 Å². The molecule has 1 atom stereocenters. The van der Waals surface area contributed by atoms with E-state index in [1.807, 2.05) is 0 Å². The van der Waals surface area contributed by atoms with Gasteiger partial charge in [0.1, 0.15) is 5.78 Å². The SMILES string of the molecule is CCCC(Cc1cn[nH]n1)C(C)=O. The molecule has 1 aromatic heterocycles. The molecule has 0 fully saturated rings. The molecule has 0 saturated heterocycles. The summed E-state index contributed by atoms with van der Waals surface area (Å²) >= 11 is 0. The van der Waals surface area contributed by atoms with Gasteiger partial charge in [-0.25, -0.2) is 0 Å². The molecular formula is C9H15N3O. The van der Waals surface area contributed by atoms with Crippen molar-refractivity contribution in [3.8, 4) is 0 Å². The number of carbonyl (C=O) groups is 1. The van der Waals surface area contributed by atoms with E-state index in [1.54, 1.807) is 13.1 Å². The number of rotatable bonds is 5. The Morgan fingerprint density at radius 3 is 2.92 bits per heavy atom. The molecule has 0 radical (unpaired) electrons. The molecule has 0 aliphatic carbocycles. The van der Waals surface area contributed by atoms with Crippen LogP contribution in [-0.2, 0) is 11.2 Å². The first-order valence-corrected chi connectivity index (χ1v) is 4.59. The third-order valence-corrected chi connectivity index (χ3v) is 2.13. The minimum atomic E-state index is 0.107. The lowest BCUT2D eigenvalue weighted by atomic mass is 9.95. The van der Waals surface area contributed by atoms with Crippen LogP contribution >= 0.6 is 0 Å². The van der Waals surface area contributed by atoms with E-state index in [0.717, 1.165) is 18.5 Å². The predicted molar refractivity (Wildman–Crippen MR) is 49.2 cm³/mol. The van der Waals surface area contributed by atoms with E-state index in [1.165, 1.54) is 0 Å². The van der Waals surface area contributed by atoms with Crippen LogP contribution in [0.4, 0.5) is 0 Å². The van der Waals surface area contributed by atoms with Gasteiger partial charge < -0.3 is 0 Å². The second-order valence-electron chi connectivity index (χ2n) is 3.26. The third-order valence-electron chi connectivity index (χ3n) is 2.13. The van der Waals surface area contributed by atoms with Crippen LogP contribution in [0.3, 0.4) is 0 Å². The molecule has 0 amide bonds. The summed E-state index contributed by atoms with van der Waals surface area (Å²) in [6, 6.07) is 0. The smallest absolute Gasteiger partial charge is 0.133 e. The van der Waals surface area contributed by atoms with Gasteiger partial charge in [-0.3, -0.25) is 4.79 Å². The van der Waals surface area contributed by atoms with Gasteiger partial charge in [-0.2, -0.15) is 15.4 Å². The molecule has 0 bridgehead atoms. The summed E-state index contributed by atoms with van der Waals surface area (Å²) in [6.45, 7) is 3.72. The Kier molecular flexibility index (Phi) is 3.61. The fourth-order valence-corrected chi connectivity index (χ4v) is 1.37. The highest BCUT2D eigenvalue weighted by Gasteiger charge is 2.14. The summed E-state index contributed by atoms with van der Waals surface area (Å²) in [5.41, 5.74) is 0.869. The number of nitrogens with one attached hydrogen (secondary N) is 1. The largest absolute Gasteiger partial charge is 0.300 e. The third kappa shape index (κ3) is 2.97. The van der Waals surface area contributed by atoms with Crippen molar-refractivity contribution >= 4 is 5.78 Å². The van der Waals surface area contributed by atoms with Gasteiger partial charge in [0, 0.05) is 12.3 Å². The second-order valence-corrected chi connectivity index (χ2v) is 3.26. The van der Waals surface area contributed by atoms with Crippen LogP contribution in [0.15, 0.2) is 6.20 Å². The maximum atomic E-state index is 11.2. The molecule has 0 aliphatic heterocycles. The molecule has 1 rings (SSSR count). The molecule has 1 unspecified atom stereocenters. The number of aromatic nitrogens is 3. The summed E-state index contributed by atoms with van der Waals surface area (Å²) in [4.78, 5) is 11.2. The zero-order chi connectivity index (χ0) is 9.68. The van der Waals surface area contributed by atoms with E-state index in [9.17, 15) is 4.79 Å². The van der Waals surface area contributed by atoms with Crippen LogP contribution < -0.4 is 0 Å². The Hall–Kier alpha value is -1.19. The van der Waals surface area contributed by atoms with Crippen molar-refractivity contribution in [2.24, 2.45) is 5.92 Å². The topological polar surface area (TPSA) is 58.6 Å². The number of nitrogens with zero attached hydrogens (tertiary/aromatic N) is 2. The van der Waals surface area contributed by atoms with Crippen molar-refractivity contribution in [1.29, 1.82) is 0 Å². The van der Waals surface area contributed by atoms with Crippen LogP contribution in [0.2, 0.25) is 0 Å². The highest BCUT2D eigenvalue weighted by molar-refractivity contribution is 5.78. The maximum Gasteiger partial charge on any atom is 0.133 e. The predicted octanol–water partition coefficient (Wildman–Crippen LogP) is 1.35. The fourth-order valence-electron chi connectivity index (χ4n) is 1.37. The van der Waals surface area contributed by atoms with E-state index in [4.69, 9.17) is 0 Å². The van der Waals surface area contributed by atoms with Crippen molar-refractivity contribution < 1.29 is 4.79 Å². The molecule has 4 heteroatoms. The molecule has 0 spiro atoms. The highest BCUT2D eigenvalue weighted by atomic mass is 16.1. The van der Waals surface area contributed by atoms with Gasteiger partial charge in [0.25, 0.3) is 0 Å². The number of H-pyrrole nitrogens is 1. The van der Waals surface area contributed by atoms with E-state index < -0.39 is 0 Å². The average Bonchev–Trinajstić information content (AvgIpc) is 2.56. The molecular weight excluding hydrogens is 166 g/mol. The monoisotopic (exact) mass is 181 g/mol. The second kappa shape index (κ2) is 4.74. The van der Waals surface area contributed by atoms with Crippen LogP contribution in [0.5, 0.6) is 0 Å². The fraction of sp³-hybridized carbons (Fsp3) is 0.667. The molecule has 0 aromatic carbocycles. The van der Waals surface area contributed by atoms with Gasteiger partial charge in [0.05, 0.1) is 11.9 Å². The van der Waals surface area contributed by atoms with Crippen LogP contribution in [0, 0.1) is 5.92 Å². The van der Waals surface area contributed by atoms with Gasteiger partial charge >= 0.3 is 0 Å². The summed E-state index contributed by atoms with van der Waals surface area (Å²) in [7, 11) is 0. The maximum absolute atomic E-state index is 11.2. The Morgan fingerprint density at radius 1 is 1.69 bits per heavy atom. The zero-order valence-electron chi connectivity index (χ0n) is 8.08. The van der Waals surface area contributed by atoms with Crippen molar-refractivity contribution in [1.82, 2.24) is 15.4 Å². The minimum Gasteiger partial charge on any atom is -0.300 e. The number of Topliss-reactive ketones (excluding diaryl/α,β-unsaturated/α-hetero) is 1. The molecule has 4 nitrogen and oxygen atoms in total. The standard InChI is InChI=1S/C9H15N3O/c1-3-4-8(7(2)13)5-9-6-10-12-11-9/h6,8H,3-5H2,1-2H3,(H,10,11,12). The van der Waals surface area contributed by atoms with Crippen LogP contribution in [0.1, 0.15) is 32.4 Å². The van der Waals surface area contributed by atoms with Gasteiger partial charge in [0.15, 0.2) is 0 Å². The molecule has 1 aromatic rings. The Labute approximate surface area is 77.7 Å². The number of ketones is 1. The van der Waals surface area contributed by atoms with Crippen molar-refractivity contribution in [3.05, 3.63) is 11.9 Å². The first-order valence-electron chi connectivity index (χ1n) is 4.59. The lowest BCUT2D eigenvalue weighted by Gasteiger charge is -2.09. The lowest BCUT2D eigenvalue weighted by molar-refractivity contribution is -0.120. The summed E-state index contributed by atoms with van der Waals surface area (Å²) in [5.74, 6) is 0.347. The zero-order valence-corrected chi connectivity index (χ0v) is 8.08. The van der Waals surface area contributed by atoms with Gasteiger partial charge in [-0.15, -0.1) is 0 Å². The van der Waals surface area contributed by atoms with E-state index >= 15 is 0 Å². The van der Waals surface area contributed by atoms with Crippen molar-refractivity contribution in [2.45, 2.75) is 33.1 Å². The van der Waals surface area contributed by atoms with Crippen molar-refractivity contribution in [2.75, 3.05) is 0 Å². The summed E-state index contributed by atoms with van der Waals surface area (Å²) in [5, 5.41) is 10.2. The lowest BCUT2D eigenvalue weighted by Crippen LogP contribution is -2.13. The first-order chi connectivity index (χ1) is 6.24. The molecule has 0 saturated carbocycles. The Balaban J connectivity index is 2.52. The van der Waals surface area contributed by atoms with Crippen molar-refractivity contribution in [3.63, 3.8) is 0 Å². The quantitative estimate of drug-likeness (QED) is 0.746. The molecule has 1 N–H and O–H groups in total. The summed E-state index contributed by atoms with van der Waals surface area (Å²) < 4.78 is 0. The summed E-state index contributed by atoms with van der Waals surface area (Å²) in [6.07, 6.45) is 4.34. The molecule has 13 heavy (non-hydrogen) atoms.